The SMILES string of the molecule is Cc1cc(S(=O)(=O)Nc2ccc(C(=O)Nc3ccc(Cl)c(C(N)=O)c3)cc2)ccc1F. The van der Waals surface area contributed by atoms with Crippen molar-refractivity contribution in [3.05, 3.63) is 88.2 Å². The van der Waals surface area contributed by atoms with E-state index in [4.69, 9.17) is 17.3 Å². The van der Waals surface area contributed by atoms with Crippen LogP contribution in [0.1, 0.15) is 26.3 Å². The maximum Gasteiger partial charge on any atom is 0.261 e. The lowest BCUT2D eigenvalue weighted by atomic mass is 10.1. The number of rotatable bonds is 6. The maximum absolute atomic E-state index is 13.4. The number of benzene rings is 3. The van der Waals surface area contributed by atoms with Crippen LogP contribution in [0.2, 0.25) is 5.02 Å². The largest absolute Gasteiger partial charge is 0.366 e. The van der Waals surface area contributed by atoms with E-state index in [1.807, 2.05) is 0 Å². The van der Waals surface area contributed by atoms with Gasteiger partial charge in [-0.2, -0.15) is 0 Å². The van der Waals surface area contributed by atoms with Crippen LogP contribution in [0.15, 0.2) is 65.6 Å². The lowest BCUT2D eigenvalue weighted by molar-refractivity contribution is 0.0996. The quantitative estimate of drug-likeness (QED) is 0.515. The van der Waals surface area contributed by atoms with Crippen molar-refractivity contribution in [2.75, 3.05) is 10.0 Å². The van der Waals surface area contributed by atoms with E-state index in [0.717, 1.165) is 6.07 Å². The normalized spacial score (nSPS) is 11.1. The van der Waals surface area contributed by atoms with Gasteiger partial charge in [-0.3, -0.25) is 14.3 Å². The molecule has 0 saturated heterocycles. The van der Waals surface area contributed by atoms with Crippen molar-refractivity contribution in [2.24, 2.45) is 5.73 Å². The number of hydrogen-bond acceptors (Lipinski definition) is 4. The Labute approximate surface area is 183 Å². The molecule has 3 aromatic carbocycles. The zero-order valence-electron chi connectivity index (χ0n) is 16.1. The molecule has 0 heterocycles. The third-order valence-corrected chi connectivity index (χ3v) is 6.04. The smallest absolute Gasteiger partial charge is 0.261 e. The van der Waals surface area contributed by atoms with Crippen LogP contribution in [0, 0.1) is 12.7 Å². The molecule has 10 heteroatoms. The van der Waals surface area contributed by atoms with Crippen LogP contribution in [-0.4, -0.2) is 20.2 Å². The van der Waals surface area contributed by atoms with Gasteiger partial charge in [0.25, 0.3) is 15.9 Å². The molecular formula is C21H17ClFN3O4S. The molecule has 2 amide bonds. The first-order valence-corrected chi connectivity index (χ1v) is 10.7. The number of sulfonamides is 1. The predicted octanol–water partition coefficient (Wildman–Crippen LogP) is 3.94. The van der Waals surface area contributed by atoms with Gasteiger partial charge >= 0.3 is 0 Å². The van der Waals surface area contributed by atoms with E-state index >= 15 is 0 Å². The van der Waals surface area contributed by atoms with Gasteiger partial charge in [-0.15, -0.1) is 0 Å². The topological polar surface area (TPSA) is 118 Å². The molecule has 0 unspecified atom stereocenters. The highest BCUT2D eigenvalue weighted by atomic mass is 35.5. The number of aryl methyl sites for hydroxylation is 1. The Morgan fingerprint density at radius 1 is 0.968 bits per heavy atom. The zero-order valence-corrected chi connectivity index (χ0v) is 17.7. The molecule has 7 nitrogen and oxygen atoms in total. The molecule has 31 heavy (non-hydrogen) atoms. The fourth-order valence-corrected chi connectivity index (χ4v) is 4.04. The average molecular weight is 462 g/mol. The molecule has 0 spiro atoms. The molecule has 3 aromatic rings. The van der Waals surface area contributed by atoms with Crippen LogP contribution in [0.4, 0.5) is 15.8 Å². The molecule has 0 radical (unpaired) electrons. The Hall–Kier alpha value is -3.43. The molecular weight excluding hydrogens is 445 g/mol. The number of hydrogen-bond donors (Lipinski definition) is 3. The van der Waals surface area contributed by atoms with Gasteiger partial charge in [0.15, 0.2) is 0 Å². The Morgan fingerprint density at radius 3 is 2.23 bits per heavy atom. The summed E-state index contributed by atoms with van der Waals surface area (Å²) in [5, 5.41) is 2.77. The molecule has 3 rings (SSSR count). The third kappa shape index (κ3) is 5.19. The number of halogens is 2. The van der Waals surface area contributed by atoms with Crippen molar-refractivity contribution in [1.29, 1.82) is 0 Å². The van der Waals surface area contributed by atoms with E-state index < -0.39 is 27.7 Å². The van der Waals surface area contributed by atoms with E-state index in [0.29, 0.717) is 5.69 Å². The van der Waals surface area contributed by atoms with Crippen LogP contribution < -0.4 is 15.8 Å². The molecule has 0 aliphatic rings. The maximum atomic E-state index is 13.4. The van der Waals surface area contributed by atoms with Gasteiger partial charge in [-0.1, -0.05) is 11.6 Å². The molecule has 4 N–H and O–H groups in total. The summed E-state index contributed by atoms with van der Waals surface area (Å²) in [6.45, 7) is 1.47. The van der Waals surface area contributed by atoms with E-state index in [2.05, 4.69) is 10.0 Å². The number of carbonyl (C=O) groups is 2. The van der Waals surface area contributed by atoms with Crippen LogP contribution >= 0.6 is 11.6 Å². The monoisotopic (exact) mass is 461 g/mol. The average Bonchev–Trinajstić information content (AvgIpc) is 2.71. The number of carbonyl (C=O) groups excluding carboxylic acids is 2. The van der Waals surface area contributed by atoms with Crippen molar-refractivity contribution in [3.63, 3.8) is 0 Å². The van der Waals surface area contributed by atoms with Crippen molar-refractivity contribution in [1.82, 2.24) is 0 Å². The number of primary amides is 1. The van der Waals surface area contributed by atoms with Gasteiger partial charge in [0.05, 0.1) is 15.5 Å². The first-order chi connectivity index (χ1) is 14.6. The van der Waals surface area contributed by atoms with Crippen LogP contribution in [0.25, 0.3) is 0 Å². The van der Waals surface area contributed by atoms with Crippen molar-refractivity contribution in [2.45, 2.75) is 11.8 Å². The Kier molecular flexibility index (Phi) is 6.28. The highest BCUT2D eigenvalue weighted by molar-refractivity contribution is 7.92. The standard InChI is InChI=1S/C21H17ClFN3O4S/c1-12-10-16(7-9-19(12)23)31(29,30)26-14-4-2-13(3-5-14)21(28)25-15-6-8-18(22)17(11-15)20(24)27/h2-11,26H,1H3,(H2,24,27)(H,25,28). The molecule has 0 aliphatic carbocycles. The van der Waals surface area contributed by atoms with E-state index in [-0.39, 0.29) is 32.3 Å². The van der Waals surface area contributed by atoms with Gasteiger partial charge in [-0.05, 0) is 73.2 Å². The van der Waals surface area contributed by atoms with Crippen LogP contribution in [0.3, 0.4) is 0 Å². The first-order valence-electron chi connectivity index (χ1n) is 8.86. The second kappa shape index (κ2) is 8.75. The summed E-state index contributed by atoms with van der Waals surface area (Å²) in [6, 6.07) is 13.5. The minimum absolute atomic E-state index is 0.0697. The number of amides is 2. The highest BCUT2D eigenvalue weighted by Gasteiger charge is 2.16. The molecule has 160 valence electrons. The predicted molar refractivity (Wildman–Crippen MR) is 116 cm³/mol. The Morgan fingerprint density at radius 2 is 1.61 bits per heavy atom. The van der Waals surface area contributed by atoms with Crippen LogP contribution in [-0.2, 0) is 10.0 Å². The zero-order chi connectivity index (χ0) is 22.8. The number of anilines is 2. The second-order valence-electron chi connectivity index (χ2n) is 6.61. The highest BCUT2D eigenvalue weighted by Crippen LogP contribution is 2.22. The summed E-state index contributed by atoms with van der Waals surface area (Å²) < 4.78 is 40.7. The van der Waals surface area contributed by atoms with E-state index in [1.54, 1.807) is 0 Å². The van der Waals surface area contributed by atoms with Crippen molar-refractivity contribution in [3.8, 4) is 0 Å². The van der Waals surface area contributed by atoms with Gasteiger partial charge in [0.2, 0.25) is 5.91 Å². The van der Waals surface area contributed by atoms with Gasteiger partial charge in [0, 0.05) is 16.9 Å². The van der Waals surface area contributed by atoms with Crippen LogP contribution in [0.5, 0.6) is 0 Å². The molecule has 0 fully saturated rings. The lowest BCUT2D eigenvalue weighted by Crippen LogP contribution is -2.15. The molecule has 0 aromatic heterocycles. The molecule has 0 bridgehead atoms. The van der Waals surface area contributed by atoms with Crippen molar-refractivity contribution >= 4 is 44.8 Å². The third-order valence-electron chi connectivity index (χ3n) is 4.33. The molecule has 0 atom stereocenters. The fraction of sp³-hybridized carbons (Fsp3) is 0.0476. The van der Waals surface area contributed by atoms with Gasteiger partial charge in [-0.25, -0.2) is 12.8 Å². The molecule has 0 saturated carbocycles. The molecule has 0 aliphatic heterocycles. The van der Waals surface area contributed by atoms with E-state index in [1.165, 1.54) is 61.5 Å². The Bertz CT molecular complexity index is 1280. The summed E-state index contributed by atoms with van der Waals surface area (Å²) in [6.07, 6.45) is 0. The fourth-order valence-electron chi connectivity index (χ4n) is 2.68. The lowest BCUT2D eigenvalue weighted by Gasteiger charge is -2.10. The minimum Gasteiger partial charge on any atom is -0.366 e. The second-order valence-corrected chi connectivity index (χ2v) is 8.70. The Balaban J connectivity index is 1.74. The van der Waals surface area contributed by atoms with Gasteiger partial charge in [0.1, 0.15) is 5.82 Å². The summed E-state index contributed by atoms with van der Waals surface area (Å²) in [7, 11) is -3.92. The number of nitrogens with two attached hydrogens (primary N) is 1. The summed E-state index contributed by atoms with van der Waals surface area (Å²) in [5.41, 5.74) is 6.30. The van der Waals surface area contributed by atoms with Gasteiger partial charge < -0.3 is 11.1 Å². The summed E-state index contributed by atoms with van der Waals surface area (Å²) in [5.74, 6) is -1.71. The summed E-state index contributed by atoms with van der Waals surface area (Å²) >= 11 is 5.89. The number of nitrogens with one attached hydrogen (secondary N) is 2. The summed E-state index contributed by atoms with van der Waals surface area (Å²) in [4.78, 5) is 23.7. The van der Waals surface area contributed by atoms with Crippen molar-refractivity contribution < 1.29 is 22.4 Å². The van der Waals surface area contributed by atoms with E-state index in [9.17, 15) is 22.4 Å². The first kappa shape index (κ1) is 22.3. The minimum atomic E-state index is -3.92.